The Balaban J connectivity index is 2.85. The van der Waals surface area contributed by atoms with Crippen molar-refractivity contribution in [2.75, 3.05) is 0 Å². The number of fused-ring (bicyclic) bond motifs is 1. The van der Waals surface area contributed by atoms with Crippen molar-refractivity contribution in [1.29, 1.82) is 0 Å². The summed E-state index contributed by atoms with van der Waals surface area (Å²) >= 11 is 3.40. The van der Waals surface area contributed by atoms with Crippen LogP contribution in [0.1, 0.15) is 19.4 Å². The molecule has 2 aromatic carbocycles. The van der Waals surface area contributed by atoms with Crippen molar-refractivity contribution in [2.24, 2.45) is 0 Å². The molecule has 0 aromatic heterocycles. The average Bonchev–Trinajstić information content (AvgIpc) is 2.16. The van der Waals surface area contributed by atoms with Crippen LogP contribution < -0.4 is 0 Å². The van der Waals surface area contributed by atoms with E-state index in [9.17, 15) is 10.2 Å². The van der Waals surface area contributed by atoms with Crippen molar-refractivity contribution in [3.05, 3.63) is 40.4 Å². The van der Waals surface area contributed by atoms with Gasteiger partial charge in [0.1, 0.15) is 5.75 Å². The molecule has 0 aliphatic heterocycles. The second-order valence-electron chi connectivity index (χ2n) is 4.38. The molecule has 2 nitrogen and oxygen atoms in total. The van der Waals surface area contributed by atoms with E-state index in [-0.39, 0.29) is 5.75 Å². The summed E-state index contributed by atoms with van der Waals surface area (Å²) in [5, 5.41) is 21.8. The van der Waals surface area contributed by atoms with Gasteiger partial charge in [0.15, 0.2) is 0 Å². The molecule has 0 aliphatic rings. The monoisotopic (exact) mass is 280 g/mol. The number of phenolic OH excluding ortho intramolecular Hbond substituents is 1. The van der Waals surface area contributed by atoms with Gasteiger partial charge in [-0.2, -0.15) is 0 Å². The minimum Gasteiger partial charge on any atom is -0.508 e. The van der Waals surface area contributed by atoms with Crippen LogP contribution in [0.4, 0.5) is 0 Å². The van der Waals surface area contributed by atoms with Crippen LogP contribution in [0, 0.1) is 0 Å². The number of hydrogen-bond donors (Lipinski definition) is 2. The van der Waals surface area contributed by atoms with E-state index in [4.69, 9.17) is 0 Å². The molecule has 0 saturated carbocycles. The minimum atomic E-state index is -1.06. The standard InChI is InChI=1S/C13H13BrO2/c1-13(2,16)12-10-5-4-9(14)7-8(10)3-6-11(12)15/h3-7,15-16H,1-2H3. The molecule has 0 amide bonds. The van der Waals surface area contributed by atoms with E-state index >= 15 is 0 Å². The van der Waals surface area contributed by atoms with Crippen molar-refractivity contribution in [3.63, 3.8) is 0 Å². The molecule has 0 bridgehead atoms. The van der Waals surface area contributed by atoms with Gasteiger partial charge in [0.25, 0.3) is 0 Å². The van der Waals surface area contributed by atoms with E-state index < -0.39 is 5.60 Å². The Morgan fingerprint density at radius 2 is 1.81 bits per heavy atom. The number of phenols is 1. The third-order valence-electron chi connectivity index (χ3n) is 2.57. The molecule has 0 spiro atoms. The smallest absolute Gasteiger partial charge is 0.122 e. The van der Waals surface area contributed by atoms with Crippen molar-refractivity contribution in [3.8, 4) is 5.75 Å². The van der Waals surface area contributed by atoms with Crippen LogP contribution >= 0.6 is 15.9 Å². The molecule has 0 radical (unpaired) electrons. The van der Waals surface area contributed by atoms with E-state index in [0.29, 0.717) is 5.56 Å². The summed E-state index contributed by atoms with van der Waals surface area (Å²) in [6.45, 7) is 3.34. The van der Waals surface area contributed by atoms with Gasteiger partial charge in [-0.15, -0.1) is 0 Å². The second kappa shape index (κ2) is 3.75. The number of rotatable bonds is 1. The molecule has 84 valence electrons. The fourth-order valence-corrected chi connectivity index (χ4v) is 2.31. The molecule has 0 saturated heterocycles. The Labute approximate surface area is 103 Å². The van der Waals surface area contributed by atoms with Crippen LogP contribution in [0.25, 0.3) is 10.8 Å². The topological polar surface area (TPSA) is 40.5 Å². The number of benzene rings is 2. The summed E-state index contributed by atoms with van der Waals surface area (Å²) in [4.78, 5) is 0. The molecule has 16 heavy (non-hydrogen) atoms. The van der Waals surface area contributed by atoms with Crippen LogP contribution in [0.15, 0.2) is 34.8 Å². The largest absolute Gasteiger partial charge is 0.508 e. The highest BCUT2D eigenvalue weighted by Crippen LogP contribution is 2.36. The zero-order chi connectivity index (χ0) is 11.9. The average molecular weight is 281 g/mol. The van der Waals surface area contributed by atoms with Crippen molar-refractivity contribution in [1.82, 2.24) is 0 Å². The molecule has 3 heteroatoms. The van der Waals surface area contributed by atoms with Crippen LogP contribution in [0.5, 0.6) is 5.75 Å². The highest BCUT2D eigenvalue weighted by atomic mass is 79.9. The highest BCUT2D eigenvalue weighted by Gasteiger charge is 2.22. The number of aromatic hydroxyl groups is 1. The molecular weight excluding hydrogens is 268 g/mol. The molecule has 2 rings (SSSR count). The summed E-state index contributed by atoms with van der Waals surface area (Å²) in [5.41, 5.74) is -0.491. The summed E-state index contributed by atoms with van der Waals surface area (Å²) in [6, 6.07) is 9.21. The minimum absolute atomic E-state index is 0.127. The molecule has 0 atom stereocenters. The first-order chi connectivity index (χ1) is 7.39. The normalized spacial score (nSPS) is 12.0. The lowest BCUT2D eigenvalue weighted by Gasteiger charge is -2.21. The molecule has 0 heterocycles. The highest BCUT2D eigenvalue weighted by molar-refractivity contribution is 9.10. The lowest BCUT2D eigenvalue weighted by molar-refractivity contribution is 0.0775. The predicted octanol–water partition coefficient (Wildman–Crippen LogP) is 3.54. The fraction of sp³-hybridized carbons (Fsp3) is 0.231. The Hall–Kier alpha value is -1.06. The van der Waals surface area contributed by atoms with Crippen molar-refractivity contribution in [2.45, 2.75) is 19.4 Å². The van der Waals surface area contributed by atoms with Crippen LogP contribution in [-0.4, -0.2) is 10.2 Å². The van der Waals surface area contributed by atoms with E-state index in [0.717, 1.165) is 15.2 Å². The van der Waals surface area contributed by atoms with Gasteiger partial charge >= 0.3 is 0 Å². The molecular formula is C13H13BrO2. The maximum absolute atomic E-state index is 10.1. The van der Waals surface area contributed by atoms with Crippen molar-refractivity contribution >= 4 is 26.7 Å². The first-order valence-electron chi connectivity index (χ1n) is 5.03. The van der Waals surface area contributed by atoms with Gasteiger partial charge in [0.2, 0.25) is 0 Å². The number of aliphatic hydroxyl groups is 1. The summed E-state index contributed by atoms with van der Waals surface area (Å²) < 4.78 is 0.979. The van der Waals surface area contributed by atoms with Gasteiger partial charge < -0.3 is 10.2 Å². The lowest BCUT2D eigenvalue weighted by atomic mass is 9.91. The Morgan fingerprint density at radius 1 is 1.12 bits per heavy atom. The molecule has 0 fully saturated rings. The zero-order valence-corrected chi connectivity index (χ0v) is 10.7. The zero-order valence-electron chi connectivity index (χ0n) is 9.16. The van der Waals surface area contributed by atoms with E-state index in [1.54, 1.807) is 19.9 Å². The SMILES string of the molecule is CC(C)(O)c1c(O)ccc2cc(Br)ccc12. The van der Waals surface area contributed by atoms with E-state index in [1.165, 1.54) is 0 Å². The Morgan fingerprint density at radius 3 is 2.44 bits per heavy atom. The van der Waals surface area contributed by atoms with Crippen LogP contribution in [0.2, 0.25) is 0 Å². The predicted molar refractivity (Wildman–Crippen MR) is 68.6 cm³/mol. The van der Waals surface area contributed by atoms with Gasteiger partial charge in [-0.05, 0) is 42.8 Å². The fourth-order valence-electron chi connectivity index (χ4n) is 1.93. The van der Waals surface area contributed by atoms with Gasteiger partial charge in [0, 0.05) is 10.0 Å². The van der Waals surface area contributed by atoms with Crippen LogP contribution in [0.3, 0.4) is 0 Å². The number of halogens is 1. The Bertz CT molecular complexity index is 541. The number of hydrogen-bond acceptors (Lipinski definition) is 2. The Kier molecular flexibility index (Phi) is 2.68. The third kappa shape index (κ3) is 1.93. The first kappa shape index (κ1) is 11.4. The first-order valence-corrected chi connectivity index (χ1v) is 5.83. The van der Waals surface area contributed by atoms with Gasteiger partial charge in [-0.25, -0.2) is 0 Å². The summed E-state index contributed by atoms with van der Waals surface area (Å²) in [5.74, 6) is 0.127. The van der Waals surface area contributed by atoms with Gasteiger partial charge in [-0.3, -0.25) is 0 Å². The maximum atomic E-state index is 10.1. The molecule has 0 unspecified atom stereocenters. The van der Waals surface area contributed by atoms with Gasteiger partial charge in [0.05, 0.1) is 5.60 Å². The molecule has 0 aliphatic carbocycles. The molecule has 2 N–H and O–H groups in total. The van der Waals surface area contributed by atoms with E-state index in [1.807, 2.05) is 24.3 Å². The maximum Gasteiger partial charge on any atom is 0.122 e. The second-order valence-corrected chi connectivity index (χ2v) is 5.30. The lowest BCUT2D eigenvalue weighted by Crippen LogP contribution is -2.16. The van der Waals surface area contributed by atoms with Crippen molar-refractivity contribution < 1.29 is 10.2 Å². The van der Waals surface area contributed by atoms with E-state index in [2.05, 4.69) is 15.9 Å². The van der Waals surface area contributed by atoms with Gasteiger partial charge in [-0.1, -0.05) is 28.1 Å². The third-order valence-corrected chi connectivity index (χ3v) is 3.06. The molecule has 2 aromatic rings. The van der Waals surface area contributed by atoms with Crippen LogP contribution in [-0.2, 0) is 5.60 Å². The summed E-state index contributed by atoms with van der Waals surface area (Å²) in [6.07, 6.45) is 0. The quantitative estimate of drug-likeness (QED) is 0.839. The summed E-state index contributed by atoms with van der Waals surface area (Å²) in [7, 11) is 0.